The highest BCUT2D eigenvalue weighted by molar-refractivity contribution is 6.19. The maximum Gasteiger partial charge on any atom is 0.269 e. The number of benzene rings is 2. The second-order valence-corrected chi connectivity index (χ2v) is 6.41. The third kappa shape index (κ3) is 4.22. The molecule has 1 atom stereocenters. The lowest BCUT2D eigenvalue weighted by Crippen LogP contribution is -2.33. The molecule has 1 aliphatic rings. The van der Waals surface area contributed by atoms with Gasteiger partial charge in [-0.05, 0) is 6.07 Å². The Bertz CT molecular complexity index is 1040. The summed E-state index contributed by atoms with van der Waals surface area (Å²) in [6.07, 6.45) is 0.655. The molecule has 1 amide bonds. The van der Waals surface area contributed by atoms with Crippen molar-refractivity contribution < 1.29 is 9.90 Å². The van der Waals surface area contributed by atoms with Gasteiger partial charge in [0.15, 0.2) is 5.82 Å². The first-order valence-corrected chi connectivity index (χ1v) is 9.22. The number of nitrogens with zero attached hydrogens (tertiary/aromatic N) is 3. The molecule has 29 heavy (non-hydrogen) atoms. The fourth-order valence-corrected chi connectivity index (χ4v) is 3.06. The Morgan fingerprint density at radius 1 is 1.07 bits per heavy atom. The van der Waals surface area contributed by atoms with Crippen LogP contribution in [-0.2, 0) is 4.79 Å². The van der Waals surface area contributed by atoms with Gasteiger partial charge in [-0.3, -0.25) is 4.79 Å². The van der Waals surface area contributed by atoms with E-state index < -0.39 is 6.17 Å². The van der Waals surface area contributed by atoms with Gasteiger partial charge in [-0.15, -0.1) is 5.10 Å². The summed E-state index contributed by atoms with van der Waals surface area (Å²) in [6.45, 7) is 0.389. The molecule has 4 N–H and O–H groups in total. The number of hydrogen-bond donors (Lipinski definition) is 4. The number of rotatable bonds is 6. The molecule has 0 saturated carbocycles. The van der Waals surface area contributed by atoms with Crippen LogP contribution in [0.25, 0.3) is 0 Å². The zero-order valence-corrected chi connectivity index (χ0v) is 15.5. The van der Waals surface area contributed by atoms with Crippen LogP contribution in [0, 0.1) is 0 Å². The molecule has 8 nitrogen and oxygen atoms in total. The van der Waals surface area contributed by atoms with Crippen LogP contribution in [0.2, 0.25) is 0 Å². The SMILES string of the molecule is O=C1Nc2ccccc2C(c2ccccc2)=NC1Nc1cc(NCCO)cnn1. The standard InChI is InChI=1S/C21H20N6O2/c28-11-10-22-15-12-18(27-23-13-15)25-20-21(29)24-17-9-5-4-8-16(17)19(26-20)14-6-2-1-3-7-14/h1-9,12-13,20,28H,10-11H2,(H,24,29)(H2,22,25,27). The molecule has 0 bridgehead atoms. The highest BCUT2D eigenvalue weighted by Crippen LogP contribution is 2.24. The van der Waals surface area contributed by atoms with Crippen LogP contribution in [0.1, 0.15) is 11.1 Å². The van der Waals surface area contributed by atoms with Crippen LogP contribution in [0.5, 0.6) is 0 Å². The van der Waals surface area contributed by atoms with Crippen LogP contribution in [0.4, 0.5) is 17.2 Å². The smallest absolute Gasteiger partial charge is 0.269 e. The number of aromatic nitrogens is 2. The topological polar surface area (TPSA) is 112 Å². The van der Waals surface area contributed by atoms with E-state index in [1.165, 1.54) is 0 Å². The summed E-state index contributed by atoms with van der Waals surface area (Å²) in [5.41, 5.74) is 3.85. The third-order valence-corrected chi connectivity index (χ3v) is 4.37. The molecule has 0 fully saturated rings. The van der Waals surface area contributed by atoms with Crippen molar-refractivity contribution in [3.05, 3.63) is 78.0 Å². The molecule has 0 aliphatic carbocycles. The predicted octanol–water partition coefficient (Wildman–Crippen LogP) is 2.11. The molecule has 1 aliphatic heterocycles. The molecular formula is C21H20N6O2. The maximum atomic E-state index is 12.8. The van der Waals surface area contributed by atoms with E-state index >= 15 is 0 Å². The van der Waals surface area contributed by atoms with E-state index in [2.05, 4.69) is 26.1 Å². The molecule has 4 rings (SSSR count). The number of aliphatic imine (C=N–C) groups is 1. The monoisotopic (exact) mass is 388 g/mol. The van der Waals surface area contributed by atoms with Gasteiger partial charge in [0.25, 0.3) is 5.91 Å². The van der Waals surface area contributed by atoms with Crippen molar-refractivity contribution >= 4 is 28.8 Å². The number of aliphatic hydroxyl groups excluding tert-OH is 1. The lowest BCUT2D eigenvalue weighted by molar-refractivity contribution is -0.116. The van der Waals surface area contributed by atoms with E-state index in [9.17, 15) is 4.79 Å². The number of carbonyl (C=O) groups excluding carboxylic acids is 1. The highest BCUT2D eigenvalue weighted by atomic mass is 16.3. The number of para-hydroxylation sites is 1. The number of benzodiazepines with no additional fused rings is 1. The van der Waals surface area contributed by atoms with Crippen molar-refractivity contribution in [2.75, 3.05) is 29.1 Å². The van der Waals surface area contributed by atoms with Crippen LogP contribution in [0.15, 0.2) is 71.9 Å². The Balaban J connectivity index is 1.70. The molecule has 2 aromatic carbocycles. The van der Waals surface area contributed by atoms with Gasteiger partial charge in [0.2, 0.25) is 6.17 Å². The fourth-order valence-electron chi connectivity index (χ4n) is 3.06. The minimum absolute atomic E-state index is 0.000890. The molecule has 8 heteroatoms. The van der Waals surface area contributed by atoms with Gasteiger partial charge in [-0.2, -0.15) is 5.10 Å². The zero-order valence-electron chi connectivity index (χ0n) is 15.5. The van der Waals surface area contributed by atoms with Gasteiger partial charge < -0.3 is 21.1 Å². The molecular weight excluding hydrogens is 368 g/mol. The van der Waals surface area contributed by atoms with E-state index in [-0.39, 0.29) is 12.5 Å². The second kappa shape index (κ2) is 8.49. The molecule has 0 spiro atoms. The minimum atomic E-state index is -0.889. The number of hydrogen-bond acceptors (Lipinski definition) is 7. The van der Waals surface area contributed by atoms with Crippen molar-refractivity contribution in [2.45, 2.75) is 6.17 Å². The van der Waals surface area contributed by atoms with Crippen molar-refractivity contribution in [3.63, 3.8) is 0 Å². The first kappa shape index (κ1) is 18.6. The van der Waals surface area contributed by atoms with Crippen LogP contribution in [-0.4, -0.2) is 46.2 Å². The van der Waals surface area contributed by atoms with Crippen molar-refractivity contribution in [2.24, 2.45) is 4.99 Å². The van der Waals surface area contributed by atoms with Crippen LogP contribution in [0.3, 0.4) is 0 Å². The van der Waals surface area contributed by atoms with Crippen molar-refractivity contribution in [3.8, 4) is 0 Å². The van der Waals surface area contributed by atoms with Gasteiger partial charge in [0, 0.05) is 23.7 Å². The van der Waals surface area contributed by atoms with E-state index in [1.807, 2.05) is 54.6 Å². The Kier molecular flexibility index (Phi) is 5.44. The molecule has 1 unspecified atom stereocenters. The second-order valence-electron chi connectivity index (χ2n) is 6.41. The Morgan fingerprint density at radius 3 is 2.69 bits per heavy atom. The van der Waals surface area contributed by atoms with Gasteiger partial charge in [0.1, 0.15) is 0 Å². The first-order valence-electron chi connectivity index (χ1n) is 9.22. The summed E-state index contributed by atoms with van der Waals surface area (Å²) in [4.78, 5) is 17.6. The average Bonchev–Trinajstić information content (AvgIpc) is 2.90. The van der Waals surface area contributed by atoms with Crippen molar-refractivity contribution in [1.29, 1.82) is 0 Å². The predicted molar refractivity (Wildman–Crippen MR) is 112 cm³/mol. The third-order valence-electron chi connectivity index (χ3n) is 4.37. The molecule has 0 radical (unpaired) electrons. The quantitative estimate of drug-likeness (QED) is 0.515. The van der Waals surface area contributed by atoms with E-state index in [1.54, 1.807) is 12.3 Å². The van der Waals surface area contributed by atoms with Crippen molar-refractivity contribution in [1.82, 2.24) is 10.2 Å². The molecule has 1 aromatic heterocycles. The minimum Gasteiger partial charge on any atom is -0.395 e. The van der Waals surface area contributed by atoms with E-state index in [0.717, 1.165) is 11.1 Å². The van der Waals surface area contributed by atoms with E-state index in [4.69, 9.17) is 10.1 Å². The van der Waals surface area contributed by atoms with Gasteiger partial charge in [-0.25, -0.2) is 4.99 Å². The lowest BCUT2D eigenvalue weighted by atomic mass is 10.0. The maximum absolute atomic E-state index is 12.8. The summed E-state index contributed by atoms with van der Waals surface area (Å²) in [7, 11) is 0. The van der Waals surface area contributed by atoms with Gasteiger partial charge in [-0.1, -0.05) is 48.5 Å². The lowest BCUT2D eigenvalue weighted by Gasteiger charge is -2.14. The Hall–Kier alpha value is -3.78. The number of amides is 1. The summed E-state index contributed by atoms with van der Waals surface area (Å²) in [5, 5.41) is 25.9. The van der Waals surface area contributed by atoms with Crippen LogP contribution < -0.4 is 16.0 Å². The number of aliphatic hydroxyl groups is 1. The molecule has 2 heterocycles. The average molecular weight is 388 g/mol. The summed E-state index contributed by atoms with van der Waals surface area (Å²) in [5.74, 6) is 0.106. The van der Waals surface area contributed by atoms with Gasteiger partial charge in [0.05, 0.1) is 29.9 Å². The number of carbonyl (C=O) groups is 1. The number of nitrogens with one attached hydrogen (secondary N) is 3. The summed E-state index contributed by atoms with van der Waals surface area (Å²) in [6, 6.07) is 19.0. The van der Waals surface area contributed by atoms with Gasteiger partial charge >= 0.3 is 0 Å². The first-order chi connectivity index (χ1) is 14.2. The molecule has 0 saturated heterocycles. The van der Waals surface area contributed by atoms with E-state index in [0.29, 0.717) is 29.4 Å². The zero-order chi connectivity index (χ0) is 20.1. The number of anilines is 3. The molecule has 146 valence electrons. The summed E-state index contributed by atoms with van der Waals surface area (Å²) < 4.78 is 0. The fraction of sp³-hybridized carbons (Fsp3) is 0.143. The van der Waals surface area contributed by atoms with Crippen LogP contribution >= 0.6 is 0 Å². The Morgan fingerprint density at radius 2 is 1.86 bits per heavy atom. The normalized spacial score (nSPS) is 15.6. The Labute approximate surface area is 167 Å². The largest absolute Gasteiger partial charge is 0.395 e. The molecule has 3 aromatic rings. The highest BCUT2D eigenvalue weighted by Gasteiger charge is 2.26. The summed E-state index contributed by atoms with van der Waals surface area (Å²) >= 11 is 0. The number of fused-ring (bicyclic) bond motifs is 1.